The number of furan rings is 1. The quantitative estimate of drug-likeness (QED) is 0.377. The summed E-state index contributed by atoms with van der Waals surface area (Å²) < 4.78 is 11.3. The molecule has 0 atom stereocenters. The molecule has 0 saturated heterocycles. The molecule has 0 unspecified atom stereocenters. The van der Waals surface area contributed by atoms with Crippen molar-refractivity contribution in [3.63, 3.8) is 0 Å². The van der Waals surface area contributed by atoms with Gasteiger partial charge < -0.3 is 9.15 Å². The Morgan fingerprint density at radius 2 is 1.97 bits per heavy atom. The maximum Gasteiger partial charge on any atom is 0.293 e. The van der Waals surface area contributed by atoms with E-state index in [2.05, 4.69) is 10.3 Å². The summed E-state index contributed by atoms with van der Waals surface area (Å²) in [5, 5.41) is 4.05. The van der Waals surface area contributed by atoms with Gasteiger partial charge in [0.05, 0.1) is 5.69 Å². The molecule has 30 heavy (non-hydrogen) atoms. The highest BCUT2D eigenvalue weighted by Crippen LogP contribution is 2.26. The Morgan fingerprint density at radius 1 is 1.13 bits per heavy atom. The van der Waals surface area contributed by atoms with Crippen LogP contribution in [0.15, 0.2) is 71.1 Å². The number of amides is 1. The third-order valence-corrected chi connectivity index (χ3v) is 5.68. The van der Waals surface area contributed by atoms with E-state index in [1.165, 1.54) is 11.3 Å². The van der Waals surface area contributed by atoms with E-state index >= 15 is 0 Å². The van der Waals surface area contributed by atoms with E-state index in [0.29, 0.717) is 22.3 Å². The number of ether oxygens (including phenoxy) is 1. The minimum Gasteiger partial charge on any atom is -0.486 e. The largest absolute Gasteiger partial charge is 0.486 e. The fraction of sp³-hybridized carbons (Fsp3) is 0.130. The van der Waals surface area contributed by atoms with Crippen molar-refractivity contribution in [3.05, 3.63) is 99.4 Å². The molecule has 0 bridgehead atoms. The highest BCUT2D eigenvalue weighted by Gasteiger charge is 2.15. The molecule has 152 valence electrons. The van der Waals surface area contributed by atoms with Gasteiger partial charge in [-0.05, 0) is 48.9 Å². The molecular formula is C23H19ClN2O3S. The van der Waals surface area contributed by atoms with Gasteiger partial charge in [0.2, 0.25) is 0 Å². The summed E-state index contributed by atoms with van der Waals surface area (Å²) in [6.45, 7) is 2.18. The van der Waals surface area contributed by atoms with Crippen LogP contribution in [0.25, 0.3) is 0 Å². The number of aromatic nitrogens is 1. The molecule has 0 spiro atoms. The summed E-state index contributed by atoms with van der Waals surface area (Å²) in [6, 6.07) is 20.5. The van der Waals surface area contributed by atoms with Crippen LogP contribution < -0.4 is 10.1 Å². The fourth-order valence-electron chi connectivity index (χ4n) is 2.89. The summed E-state index contributed by atoms with van der Waals surface area (Å²) in [5.74, 6) is 1.18. The lowest BCUT2D eigenvalue weighted by molar-refractivity contribution is 0.0992. The Balaban J connectivity index is 1.38. The molecule has 0 aliphatic heterocycles. The van der Waals surface area contributed by atoms with E-state index < -0.39 is 0 Å². The van der Waals surface area contributed by atoms with Crippen molar-refractivity contribution in [3.8, 4) is 5.75 Å². The van der Waals surface area contributed by atoms with Crippen LogP contribution in [0.4, 0.5) is 5.13 Å². The van der Waals surface area contributed by atoms with Crippen molar-refractivity contribution in [2.75, 3.05) is 5.32 Å². The number of rotatable bonds is 7. The summed E-state index contributed by atoms with van der Waals surface area (Å²) in [6.07, 6.45) is 0.710. The molecule has 1 N–H and O–H groups in total. The van der Waals surface area contributed by atoms with Crippen LogP contribution >= 0.6 is 22.9 Å². The number of nitrogens with zero attached hydrogens (tertiary/aromatic N) is 1. The molecule has 2 aromatic carbocycles. The van der Waals surface area contributed by atoms with Crippen molar-refractivity contribution in [2.45, 2.75) is 20.0 Å². The second-order valence-electron chi connectivity index (χ2n) is 6.66. The Labute approximate surface area is 183 Å². The number of halogens is 1. The average molecular weight is 439 g/mol. The molecule has 0 aliphatic rings. The minimum absolute atomic E-state index is 0.214. The number of carbonyl (C=O) groups is 1. The van der Waals surface area contributed by atoms with Gasteiger partial charge in [0.25, 0.3) is 5.91 Å². The molecule has 5 nitrogen and oxygen atoms in total. The maximum atomic E-state index is 12.5. The number of nitrogens with one attached hydrogen (secondary N) is 1. The second kappa shape index (κ2) is 9.15. The first-order valence-electron chi connectivity index (χ1n) is 9.35. The van der Waals surface area contributed by atoms with E-state index in [4.69, 9.17) is 20.8 Å². The molecule has 7 heteroatoms. The van der Waals surface area contributed by atoms with E-state index in [0.717, 1.165) is 21.9 Å². The molecule has 0 aliphatic carbocycles. The first-order chi connectivity index (χ1) is 14.6. The van der Waals surface area contributed by atoms with Gasteiger partial charge in [-0.3, -0.25) is 10.1 Å². The number of anilines is 1. The first kappa shape index (κ1) is 20.2. The molecule has 2 aromatic heterocycles. The molecule has 0 fully saturated rings. The van der Waals surface area contributed by atoms with Crippen LogP contribution in [0.3, 0.4) is 0 Å². The zero-order valence-corrected chi connectivity index (χ0v) is 17.8. The lowest BCUT2D eigenvalue weighted by atomic mass is 10.1. The van der Waals surface area contributed by atoms with Gasteiger partial charge in [-0.2, -0.15) is 0 Å². The highest BCUT2D eigenvalue weighted by molar-refractivity contribution is 7.15. The summed E-state index contributed by atoms with van der Waals surface area (Å²) in [7, 11) is 0. The Morgan fingerprint density at radius 3 is 2.77 bits per heavy atom. The zero-order chi connectivity index (χ0) is 20.9. The second-order valence-corrected chi connectivity index (χ2v) is 8.18. The summed E-state index contributed by atoms with van der Waals surface area (Å²) in [4.78, 5) is 18.1. The van der Waals surface area contributed by atoms with Crippen LogP contribution in [-0.2, 0) is 13.0 Å². The summed E-state index contributed by atoms with van der Waals surface area (Å²) >= 11 is 7.51. The number of para-hydroxylation sites is 1. The van der Waals surface area contributed by atoms with E-state index in [1.807, 2.05) is 61.5 Å². The van der Waals surface area contributed by atoms with Crippen LogP contribution in [0.5, 0.6) is 5.75 Å². The lowest BCUT2D eigenvalue weighted by Gasteiger charge is -2.03. The predicted molar refractivity (Wildman–Crippen MR) is 119 cm³/mol. The molecule has 4 aromatic rings. The topological polar surface area (TPSA) is 64.4 Å². The fourth-order valence-corrected chi connectivity index (χ4v) is 4.09. The predicted octanol–water partition coefficient (Wildman–Crippen LogP) is 6.12. The lowest BCUT2D eigenvalue weighted by Crippen LogP contribution is -2.10. The molecule has 1 amide bonds. The number of hydrogen-bond donors (Lipinski definition) is 1. The van der Waals surface area contributed by atoms with Crippen LogP contribution in [-0.4, -0.2) is 10.9 Å². The van der Waals surface area contributed by atoms with Crippen LogP contribution in [0.2, 0.25) is 5.02 Å². The van der Waals surface area contributed by atoms with Gasteiger partial charge in [0, 0.05) is 16.3 Å². The van der Waals surface area contributed by atoms with E-state index in [-0.39, 0.29) is 18.3 Å². The zero-order valence-electron chi connectivity index (χ0n) is 16.2. The molecule has 4 rings (SSSR count). The number of aryl methyl sites for hydroxylation is 1. The average Bonchev–Trinajstić information content (AvgIpc) is 3.34. The van der Waals surface area contributed by atoms with Crippen molar-refractivity contribution in [1.29, 1.82) is 0 Å². The van der Waals surface area contributed by atoms with Gasteiger partial charge >= 0.3 is 0 Å². The number of benzene rings is 2. The van der Waals surface area contributed by atoms with Crippen molar-refractivity contribution in [2.24, 2.45) is 0 Å². The Kier molecular flexibility index (Phi) is 6.16. The van der Waals surface area contributed by atoms with E-state index in [9.17, 15) is 4.79 Å². The molecular weight excluding hydrogens is 420 g/mol. The third kappa shape index (κ3) is 5.09. The van der Waals surface area contributed by atoms with Crippen molar-refractivity contribution >= 4 is 34.0 Å². The van der Waals surface area contributed by atoms with Crippen molar-refractivity contribution < 1.29 is 13.9 Å². The van der Waals surface area contributed by atoms with Crippen LogP contribution in [0.1, 0.15) is 32.4 Å². The molecule has 0 radical (unpaired) electrons. The van der Waals surface area contributed by atoms with Gasteiger partial charge in [-0.25, -0.2) is 4.98 Å². The number of thiazole rings is 1. The third-order valence-electron chi connectivity index (χ3n) is 4.38. The van der Waals surface area contributed by atoms with Gasteiger partial charge in [0.15, 0.2) is 10.9 Å². The normalized spacial score (nSPS) is 10.7. The van der Waals surface area contributed by atoms with Crippen LogP contribution in [0, 0.1) is 6.92 Å². The SMILES string of the molecule is Cc1nc(NC(=O)c2ccc(COc3ccccc3)o2)sc1Cc1cccc(Cl)c1. The number of carbonyl (C=O) groups excluding carboxylic acids is 1. The summed E-state index contributed by atoms with van der Waals surface area (Å²) in [5.41, 5.74) is 1.98. The molecule has 0 saturated carbocycles. The Hall–Kier alpha value is -3.09. The standard InChI is InChI=1S/C23H19ClN2O3S/c1-15-21(13-16-6-5-7-17(24)12-16)30-23(25-15)26-22(27)20-11-10-19(29-20)14-28-18-8-3-2-4-9-18/h2-12H,13-14H2,1H3,(H,25,26,27). The molecule has 2 heterocycles. The van der Waals surface area contributed by atoms with Gasteiger partial charge in [-0.15, -0.1) is 11.3 Å². The van der Waals surface area contributed by atoms with E-state index in [1.54, 1.807) is 12.1 Å². The maximum absolute atomic E-state index is 12.5. The minimum atomic E-state index is -0.344. The smallest absolute Gasteiger partial charge is 0.293 e. The van der Waals surface area contributed by atoms with Gasteiger partial charge in [-0.1, -0.05) is 41.9 Å². The highest BCUT2D eigenvalue weighted by atomic mass is 35.5. The number of hydrogen-bond acceptors (Lipinski definition) is 5. The first-order valence-corrected chi connectivity index (χ1v) is 10.5. The monoisotopic (exact) mass is 438 g/mol. The van der Waals surface area contributed by atoms with Crippen molar-refractivity contribution in [1.82, 2.24) is 4.98 Å². The Bertz CT molecular complexity index is 1150. The van der Waals surface area contributed by atoms with Gasteiger partial charge in [0.1, 0.15) is 18.1 Å².